The lowest BCUT2D eigenvalue weighted by atomic mass is 9.92. The van der Waals surface area contributed by atoms with Crippen LogP contribution >= 0.6 is 0 Å². The van der Waals surface area contributed by atoms with Crippen molar-refractivity contribution in [3.8, 4) is 6.07 Å². The zero-order valence-corrected chi connectivity index (χ0v) is 14.7. The first kappa shape index (κ1) is 17.8. The minimum Gasteiger partial charge on any atom is -0.342 e. The van der Waals surface area contributed by atoms with Gasteiger partial charge in [0.05, 0.1) is 35.6 Å². The quantitative estimate of drug-likeness (QED) is 0.771. The van der Waals surface area contributed by atoms with Crippen LogP contribution in [0.4, 0.5) is 8.78 Å². The molecule has 0 aliphatic heterocycles. The summed E-state index contributed by atoms with van der Waals surface area (Å²) >= 11 is 0. The van der Waals surface area contributed by atoms with E-state index in [0.717, 1.165) is 12.8 Å². The highest BCUT2D eigenvalue weighted by Gasteiger charge is 2.54. The zero-order chi connectivity index (χ0) is 19.2. The van der Waals surface area contributed by atoms with Crippen LogP contribution in [0.2, 0.25) is 0 Å². The molecule has 2 heterocycles. The molecule has 1 unspecified atom stereocenters. The number of aromatic nitrogens is 3. The molecule has 0 bridgehead atoms. The number of alkyl halides is 2. The minimum absolute atomic E-state index is 0.0901. The predicted octanol–water partition coefficient (Wildman–Crippen LogP) is 2.08. The largest absolute Gasteiger partial charge is 0.342 e. The first-order chi connectivity index (χ1) is 12.9. The molecule has 142 valence electrons. The zero-order valence-electron chi connectivity index (χ0n) is 14.7. The molecule has 3 N–H and O–H groups in total. The maximum absolute atomic E-state index is 14.3. The van der Waals surface area contributed by atoms with Crippen LogP contribution in [0, 0.1) is 22.7 Å². The Morgan fingerprint density at radius 3 is 2.85 bits per heavy atom. The Labute approximate surface area is 154 Å². The molecule has 0 aromatic carbocycles. The fourth-order valence-electron chi connectivity index (χ4n) is 3.35. The summed E-state index contributed by atoms with van der Waals surface area (Å²) in [6.45, 7) is 0.244. The maximum Gasteiger partial charge on any atom is 0.324 e. The predicted molar refractivity (Wildman–Crippen MR) is 91.3 cm³/mol. The number of nitriles is 1. The molecule has 4 rings (SSSR count). The van der Waals surface area contributed by atoms with E-state index in [2.05, 4.69) is 21.5 Å². The molecule has 2 aliphatic carbocycles. The molecule has 0 saturated heterocycles. The van der Waals surface area contributed by atoms with Crippen molar-refractivity contribution in [1.82, 2.24) is 19.9 Å². The minimum atomic E-state index is -3.44. The Bertz CT molecular complexity index is 926. The van der Waals surface area contributed by atoms with E-state index in [1.807, 2.05) is 0 Å². The molecule has 1 amide bonds. The van der Waals surface area contributed by atoms with Crippen molar-refractivity contribution in [2.75, 3.05) is 0 Å². The number of nitrogens with two attached hydrogens (primary N) is 1. The van der Waals surface area contributed by atoms with Gasteiger partial charge in [0.2, 0.25) is 0 Å². The smallest absolute Gasteiger partial charge is 0.324 e. The number of hydrogen-bond acceptors (Lipinski definition) is 5. The maximum atomic E-state index is 14.3. The third kappa shape index (κ3) is 3.37. The van der Waals surface area contributed by atoms with Gasteiger partial charge in [0.15, 0.2) is 5.65 Å². The summed E-state index contributed by atoms with van der Waals surface area (Å²) in [5.41, 5.74) is 6.32. The number of fused-ring (bicyclic) bond motifs is 1. The topological polar surface area (TPSA) is 109 Å². The Morgan fingerprint density at radius 2 is 2.26 bits per heavy atom. The van der Waals surface area contributed by atoms with Gasteiger partial charge >= 0.3 is 5.92 Å². The first-order valence-electron chi connectivity index (χ1n) is 9.01. The molecule has 2 fully saturated rings. The van der Waals surface area contributed by atoms with Gasteiger partial charge in [0, 0.05) is 13.0 Å². The van der Waals surface area contributed by atoms with Gasteiger partial charge in [0.25, 0.3) is 5.91 Å². The molecule has 0 spiro atoms. The van der Waals surface area contributed by atoms with Crippen LogP contribution in [-0.2, 0) is 11.3 Å². The van der Waals surface area contributed by atoms with Crippen molar-refractivity contribution >= 4 is 11.6 Å². The van der Waals surface area contributed by atoms with E-state index in [4.69, 9.17) is 5.73 Å². The van der Waals surface area contributed by atoms with Crippen LogP contribution in [0.5, 0.6) is 0 Å². The summed E-state index contributed by atoms with van der Waals surface area (Å²) in [6.07, 6.45) is 5.26. The molecule has 9 heteroatoms. The lowest BCUT2D eigenvalue weighted by Crippen LogP contribution is -2.44. The third-order valence-corrected chi connectivity index (χ3v) is 5.35. The van der Waals surface area contributed by atoms with E-state index in [9.17, 15) is 18.8 Å². The van der Waals surface area contributed by atoms with Crippen molar-refractivity contribution in [3.05, 3.63) is 29.7 Å². The Kier molecular flexibility index (Phi) is 4.11. The number of rotatable bonds is 7. The van der Waals surface area contributed by atoms with Crippen LogP contribution in [0.15, 0.2) is 18.5 Å². The monoisotopic (exact) mass is 374 g/mol. The van der Waals surface area contributed by atoms with Gasteiger partial charge in [-0.2, -0.15) is 19.1 Å². The van der Waals surface area contributed by atoms with Crippen LogP contribution in [0.3, 0.4) is 0 Å². The number of nitrogens with one attached hydrogen (secondary N) is 1. The number of hydrogen-bond donors (Lipinski definition) is 2. The average Bonchev–Trinajstić information content (AvgIpc) is 3.57. The van der Waals surface area contributed by atoms with E-state index >= 15 is 0 Å². The second-order valence-corrected chi connectivity index (χ2v) is 7.55. The van der Waals surface area contributed by atoms with E-state index in [0.29, 0.717) is 29.7 Å². The summed E-state index contributed by atoms with van der Waals surface area (Å²) < 4.78 is 30.0. The van der Waals surface area contributed by atoms with E-state index in [1.54, 1.807) is 12.3 Å². The Hall–Kier alpha value is -2.60. The molecule has 1 atom stereocenters. The second kappa shape index (κ2) is 6.23. The van der Waals surface area contributed by atoms with Crippen molar-refractivity contribution < 1.29 is 13.6 Å². The van der Waals surface area contributed by atoms with E-state index in [1.165, 1.54) is 10.7 Å². The van der Waals surface area contributed by atoms with Crippen LogP contribution in [0.25, 0.3) is 5.65 Å². The highest BCUT2D eigenvalue weighted by molar-refractivity contribution is 5.84. The molecule has 27 heavy (non-hydrogen) atoms. The van der Waals surface area contributed by atoms with Gasteiger partial charge in [-0.15, -0.1) is 0 Å². The summed E-state index contributed by atoms with van der Waals surface area (Å²) in [5.74, 6) is -4.86. The van der Waals surface area contributed by atoms with Gasteiger partial charge < -0.3 is 11.1 Å². The molecule has 2 saturated carbocycles. The lowest BCUT2D eigenvalue weighted by molar-refractivity contribution is -0.148. The summed E-state index contributed by atoms with van der Waals surface area (Å²) in [5, 5.41) is 16.2. The van der Waals surface area contributed by atoms with Gasteiger partial charge in [-0.05, 0) is 43.2 Å². The number of amides is 1. The molecular formula is C18H20F2N6O. The Morgan fingerprint density at radius 1 is 1.52 bits per heavy atom. The van der Waals surface area contributed by atoms with Crippen LogP contribution < -0.4 is 11.1 Å². The van der Waals surface area contributed by atoms with Gasteiger partial charge in [-0.25, -0.2) is 9.50 Å². The summed E-state index contributed by atoms with van der Waals surface area (Å²) in [7, 11) is 0. The van der Waals surface area contributed by atoms with Crippen molar-refractivity contribution in [1.29, 1.82) is 5.26 Å². The summed E-state index contributed by atoms with van der Waals surface area (Å²) in [6, 6.07) is 3.00. The fraction of sp³-hybridized carbons (Fsp3) is 0.556. The van der Waals surface area contributed by atoms with Crippen LogP contribution in [0.1, 0.15) is 49.4 Å². The number of carbonyl (C=O) groups excluding carboxylic acids is 1. The molecule has 7 nitrogen and oxygen atoms in total. The van der Waals surface area contributed by atoms with Crippen LogP contribution in [-0.4, -0.2) is 26.4 Å². The molecule has 0 radical (unpaired) electrons. The highest BCUT2D eigenvalue weighted by atomic mass is 19.3. The van der Waals surface area contributed by atoms with Crippen molar-refractivity contribution in [3.63, 3.8) is 0 Å². The second-order valence-electron chi connectivity index (χ2n) is 7.55. The number of imidazole rings is 1. The molecular weight excluding hydrogens is 354 g/mol. The molecule has 2 aromatic heterocycles. The Balaban J connectivity index is 1.63. The standard InChI is InChI=1S/C18H20F2N6O/c19-18(20,6-11-1-2-11)16(27)25-15(17(10-22)3-4-17)12-5-14-24-13(7-21)9-26(14)23-8-12/h5,8-9,11,15H,1-4,6-7,21H2,(H,25,27). The van der Waals surface area contributed by atoms with E-state index < -0.39 is 29.7 Å². The highest BCUT2D eigenvalue weighted by Crippen LogP contribution is 2.54. The van der Waals surface area contributed by atoms with Gasteiger partial charge in [-0.1, -0.05) is 0 Å². The van der Waals surface area contributed by atoms with Crippen molar-refractivity contribution in [2.45, 2.75) is 50.6 Å². The molecule has 2 aliphatic rings. The number of halogens is 2. The van der Waals surface area contributed by atoms with Crippen molar-refractivity contribution in [2.24, 2.45) is 17.1 Å². The first-order valence-corrected chi connectivity index (χ1v) is 9.01. The summed E-state index contributed by atoms with van der Waals surface area (Å²) in [4.78, 5) is 16.6. The fourth-order valence-corrected chi connectivity index (χ4v) is 3.35. The van der Waals surface area contributed by atoms with Gasteiger partial charge in [-0.3, -0.25) is 4.79 Å². The number of carbonyl (C=O) groups is 1. The van der Waals surface area contributed by atoms with Gasteiger partial charge in [0.1, 0.15) is 0 Å². The van der Waals surface area contributed by atoms with E-state index in [-0.39, 0.29) is 12.5 Å². The third-order valence-electron chi connectivity index (χ3n) is 5.35. The normalized spacial score (nSPS) is 19.5. The average molecular weight is 374 g/mol. The number of nitrogens with zero attached hydrogens (tertiary/aromatic N) is 4. The molecule has 2 aromatic rings. The SMILES string of the molecule is N#CC1(C(NC(=O)C(F)(F)CC2CC2)c2cnn3cc(CN)nc3c2)CC1. The lowest BCUT2D eigenvalue weighted by Gasteiger charge is -2.26.